The Bertz CT molecular complexity index is 97.7. The molecule has 0 fully saturated rings. The van der Waals surface area contributed by atoms with Crippen LogP contribution in [-0.4, -0.2) is 23.1 Å². The van der Waals surface area contributed by atoms with Crippen LogP contribution in [0.15, 0.2) is 0 Å². The van der Waals surface area contributed by atoms with Crippen molar-refractivity contribution in [3.05, 3.63) is 0 Å². The van der Waals surface area contributed by atoms with E-state index in [4.69, 9.17) is 5.73 Å². The van der Waals surface area contributed by atoms with Gasteiger partial charge in [-0.2, -0.15) is 0 Å². The van der Waals surface area contributed by atoms with E-state index in [9.17, 15) is 4.21 Å². The standard InChI is InChI=1S/C6H16N2OS/c1-2-6-10(9)8-5-3-4-7/h8H,2-7H2,1H3. The summed E-state index contributed by atoms with van der Waals surface area (Å²) in [4.78, 5) is 0. The van der Waals surface area contributed by atoms with Crippen molar-refractivity contribution in [3.8, 4) is 0 Å². The molecule has 0 radical (unpaired) electrons. The smallest absolute Gasteiger partial charge is 0.0915 e. The Hall–Kier alpha value is 0.0700. The van der Waals surface area contributed by atoms with E-state index in [0.717, 1.165) is 25.1 Å². The molecule has 0 amide bonds. The quantitative estimate of drug-likeness (QED) is 0.543. The van der Waals surface area contributed by atoms with Gasteiger partial charge in [0.25, 0.3) is 0 Å². The molecule has 0 heterocycles. The van der Waals surface area contributed by atoms with Crippen molar-refractivity contribution >= 4 is 11.0 Å². The average molecular weight is 164 g/mol. The molecular formula is C6H16N2OS. The van der Waals surface area contributed by atoms with E-state index in [-0.39, 0.29) is 0 Å². The van der Waals surface area contributed by atoms with E-state index in [2.05, 4.69) is 4.72 Å². The zero-order valence-electron chi connectivity index (χ0n) is 6.43. The van der Waals surface area contributed by atoms with Gasteiger partial charge in [-0.15, -0.1) is 0 Å². The van der Waals surface area contributed by atoms with E-state index >= 15 is 0 Å². The van der Waals surface area contributed by atoms with Crippen LogP contribution in [0, 0.1) is 0 Å². The second-order valence-corrected chi connectivity index (χ2v) is 3.47. The molecule has 1 unspecified atom stereocenters. The summed E-state index contributed by atoms with van der Waals surface area (Å²) in [5.74, 6) is 0.741. The highest BCUT2D eigenvalue weighted by Crippen LogP contribution is 1.81. The minimum Gasteiger partial charge on any atom is -0.330 e. The maximum absolute atomic E-state index is 10.9. The summed E-state index contributed by atoms with van der Waals surface area (Å²) in [6.45, 7) is 3.45. The third kappa shape index (κ3) is 6.19. The lowest BCUT2D eigenvalue weighted by Crippen LogP contribution is -2.22. The topological polar surface area (TPSA) is 55.1 Å². The molecule has 0 aromatic carbocycles. The van der Waals surface area contributed by atoms with Crippen molar-refractivity contribution in [2.75, 3.05) is 18.8 Å². The van der Waals surface area contributed by atoms with Gasteiger partial charge in [0, 0.05) is 12.3 Å². The highest BCUT2D eigenvalue weighted by atomic mass is 32.2. The molecule has 0 aliphatic heterocycles. The molecule has 3 N–H and O–H groups in total. The maximum Gasteiger partial charge on any atom is 0.0915 e. The van der Waals surface area contributed by atoms with E-state index in [1.54, 1.807) is 0 Å². The van der Waals surface area contributed by atoms with Gasteiger partial charge in [0.15, 0.2) is 0 Å². The maximum atomic E-state index is 10.9. The fourth-order valence-corrected chi connectivity index (χ4v) is 1.43. The van der Waals surface area contributed by atoms with E-state index in [1.807, 2.05) is 6.92 Å². The third-order valence-electron chi connectivity index (χ3n) is 1.03. The molecule has 0 aliphatic rings. The fraction of sp³-hybridized carbons (Fsp3) is 1.00. The number of rotatable bonds is 6. The predicted molar refractivity (Wildman–Crippen MR) is 45.0 cm³/mol. The molecule has 0 saturated heterocycles. The summed E-state index contributed by atoms with van der Waals surface area (Å²) in [5, 5.41) is 0. The Balaban J connectivity index is 3.05. The monoisotopic (exact) mass is 164 g/mol. The molecule has 0 spiro atoms. The molecule has 0 aromatic heterocycles. The summed E-state index contributed by atoms with van der Waals surface area (Å²) in [6, 6.07) is 0. The van der Waals surface area contributed by atoms with Gasteiger partial charge >= 0.3 is 0 Å². The van der Waals surface area contributed by atoms with Crippen molar-refractivity contribution in [2.45, 2.75) is 19.8 Å². The summed E-state index contributed by atoms with van der Waals surface area (Å²) >= 11 is 0. The molecule has 4 heteroatoms. The van der Waals surface area contributed by atoms with E-state index in [1.165, 1.54) is 0 Å². The molecule has 0 aliphatic carbocycles. The van der Waals surface area contributed by atoms with Crippen molar-refractivity contribution in [3.63, 3.8) is 0 Å². The van der Waals surface area contributed by atoms with Gasteiger partial charge in [-0.05, 0) is 19.4 Å². The molecule has 1 atom stereocenters. The first kappa shape index (κ1) is 10.1. The second kappa shape index (κ2) is 7.18. The van der Waals surface area contributed by atoms with Gasteiger partial charge < -0.3 is 5.73 Å². The van der Waals surface area contributed by atoms with Crippen LogP contribution in [0.5, 0.6) is 0 Å². The van der Waals surface area contributed by atoms with Crippen LogP contribution in [0.2, 0.25) is 0 Å². The summed E-state index contributed by atoms with van der Waals surface area (Å²) in [7, 11) is -0.827. The number of nitrogens with one attached hydrogen (secondary N) is 1. The lowest BCUT2D eigenvalue weighted by Gasteiger charge is -2.00. The Morgan fingerprint density at radius 1 is 1.60 bits per heavy atom. The largest absolute Gasteiger partial charge is 0.330 e. The van der Waals surface area contributed by atoms with Crippen LogP contribution in [0.25, 0.3) is 0 Å². The zero-order chi connectivity index (χ0) is 7.82. The SMILES string of the molecule is CCCS(=O)NCCCN. The number of nitrogens with two attached hydrogens (primary N) is 1. The van der Waals surface area contributed by atoms with Gasteiger partial charge in [-0.1, -0.05) is 6.92 Å². The predicted octanol–water partition coefficient (Wildman–Crippen LogP) is -0.00150. The highest BCUT2D eigenvalue weighted by molar-refractivity contribution is 7.82. The molecule has 0 rings (SSSR count). The van der Waals surface area contributed by atoms with Crippen LogP contribution >= 0.6 is 0 Å². The molecule has 0 bridgehead atoms. The van der Waals surface area contributed by atoms with Gasteiger partial charge in [-0.3, -0.25) is 0 Å². The Morgan fingerprint density at radius 3 is 2.80 bits per heavy atom. The minimum absolute atomic E-state index is 0.663. The summed E-state index contributed by atoms with van der Waals surface area (Å²) in [5.41, 5.74) is 5.25. The Labute approximate surface area is 65.0 Å². The van der Waals surface area contributed by atoms with Crippen molar-refractivity contribution < 1.29 is 4.21 Å². The molecule has 62 valence electrons. The fourth-order valence-electron chi connectivity index (χ4n) is 0.546. The van der Waals surface area contributed by atoms with Gasteiger partial charge in [0.05, 0.1) is 11.0 Å². The average Bonchev–Trinajstić information content (AvgIpc) is 1.89. The van der Waals surface area contributed by atoms with Crippen LogP contribution in [0.1, 0.15) is 19.8 Å². The highest BCUT2D eigenvalue weighted by Gasteiger charge is 1.93. The number of hydrogen-bond donors (Lipinski definition) is 2. The molecular weight excluding hydrogens is 148 g/mol. The normalized spacial score (nSPS) is 13.4. The first-order chi connectivity index (χ1) is 4.81. The van der Waals surface area contributed by atoms with E-state index < -0.39 is 11.0 Å². The van der Waals surface area contributed by atoms with Gasteiger partial charge in [0.1, 0.15) is 0 Å². The third-order valence-corrected chi connectivity index (χ3v) is 2.34. The molecule has 10 heavy (non-hydrogen) atoms. The lowest BCUT2D eigenvalue weighted by molar-refractivity contribution is 0.666. The summed E-state index contributed by atoms with van der Waals surface area (Å²) < 4.78 is 13.8. The van der Waals surface area contributed by atoms with Crippen LogP contribution in [0.3, 0.4) is 0 Å². The Morgan fingerprint density at radius 2 is 2.30 bits per heavy atom. The van der Waals surface area contributed by atoms with Crippen molar-refractivity contribution in [1.82, 2.24) is 4.72 Å². The first-order valence-corrected chi connectivity index (χ1v) is 4.95. The minimum atomic E-state index is -0.827. The van der Waals surface area contributed by atoms with Crippen LogP contribution in [0.4, 0.5) is 0 Å². The van der Waals surface area contributed by atoms with Crippen molar-refractivity contribution in [1.29, 1.82) is 0 Å². The van der Waals surface area contributed by atoms with Crippen LogP contribution in [-0.2, 0) is 11.0 Å². The van der Waals surface area contributed by atoms with E-state index in [0.29, 0.717) is 6.54 Å². The van der Waals surface area contributed by atoms with Crippen LogP contribution < -0.4 is 10.5 Å². The molecule has 3 nitrogen and oxygen atoms in total. The first-order valence-electron chi connectivity index (χ1n) is 3.63. The van der Waals surface area contributed by atoms with Gasteiger partial charge in [0.2, 0.25) is 0 Å². The lowest BCUT2D eigenvalue weighted by atomic mass is 10.4. The zero-order valence-corrected chi connectivity index (χ0v) is 7.25. The summed E-state index contributed by atoms with van der Waals surface area (Å²) in [6.07, 6.45) is 1.86. The molecule has 0 aromatic rings. The Kier molecular flexibility index (Phi) is 7.23. The van der Waals surface area contributed by atoms with Crippen molar-refractivity contribution in [2.24, 2.45) is 5.73 Å². The number of hydrogen-bond acceptors (Lipinski definition) is 2. The molecule has 0 saturated carbocycles. The van der Waals surface area contributed by atoms with Gasteiger partial charge in [-0.25, -0.2) is 8.93 Å². The second-order valence-electron chi connectivity index (χ2n) is 2.09.